The van der Waals surface area contributed by atoms with E-state index in [-0.39, 0.29) is 0 Å². The summed E-state index contributed by atoms with van der Waals surface area (Å²) in [6.45, 7) is 3.15. The van der Waals surface area contributed by atoms with Gasteiger partial charge in [-0.3, -0.25) is 4.90 Å². The Hall–Kier alpha value is -2.60. The number of pyridine rings is 2. The molecule has 6 nitrogen and oxygen atoms in total. The van der Waals surface area contributed by atoms with Crippen LogP contribution in [0.15, 0.2) is 48.9 Å². The van der Waals surface area contributed by atoms with Gasteiger partial charge in [-0.05, 0) is 50.1 Å². The Kier molecular flexibility index (Phi) is 4.52. The van der Waals surface area contributed by atoms with Gasteiger partial charge in [0.25, 0.3) is 0 Å². The van der Waals surface area contributed by atoms with Crippen LogP contribution in [0.4, 0.5) is 11.5 Å². The van der Waals surface area contributed by atoms with Gasteiger partial charge < -0.3 is 15.5 Å². The number of imidazole rings is 1. The summed E-state index contributed by atoms with van der Waals surface area (Å²) in [6, 6.07) is 10.5. The van der Waals surface area contributed by atoms with Gasteiger partial charge in [-0.2, -0.15) is 0 Å². The Morgan fingerprint density at radius 2 is 2.04 bits per heavy atom. The van der Waals surface area contributed by atoms with Crippen LogP contribution in [-0.2, 0) is 6.54 Å². The van der Waals surface area contributed by atoms with Crippen molar-refractivity contribution in [1.29, 1.82) is 0 Å². The number of anilines is 2. The minimum absolute atomic E-state index is 0.484. The van der Waals surface area contributed by atoms with E-state index in [4.69, 9.17) is 5.73 Å². The molecule has 0 radical (unpaired) electrons. The van der Waals surface area contributed by atoms with Crippen molar-refractivity contribution in [3.63, 3.8) is 0 Å². The molecule has 1 atom stereocenters. The highest BCUT2D eigenvalue weighted by Crippen LogP contribution is 2.18. The molecule has 3 aromatic heterocycles. The normalized spacial score (nSPS) is 19.0. The van der Waals surface area contributed by atoms with Crippen LogP contribution >= 0.6 is 0 Å². The van der Waals surface area contributed by atoms with Crippen molar-refractivity contribution < 1.29 is 0 Å². The van der Waals surface area contributed by atoms with Crippen LogP contribution in [0.3, 0.4) is 0 Å². The highest BCUT2D eigenvalue weighted by Gasteiger charge is 2.18. The predicted molar refractivity (Wildman–Crippen MR) is 100 cm³/mol. The maximum Gasteiger partial charge on any atom is 0.136 e. The Morgan fingerprint density at radius 1 is 1.08 bits per heavy atom. The van der Waals surface area contributed by atoms with Gasteiger partial charge >= 0.3 is 0 Å². The van der Waals surface area contributed by atoms with Gasteiger partial charge in [0, 0.05) is 25.3 Å². The number of hydrogen-bond donors (Lipinski definition) is 2. The molecule has 3 aromatic rings. The highest BCUT2D eigenvalue weighted by atomic mass is 15.2. The summed E-state index contributed by atoms with van der Waals surface area (Å²) in [5.41, 5.74) is 8.98. The average molecular weight is 336 g/mol. The topological polar surface area (TPSA) is 71.5 Å². The molecule has 1 fully saturated rings. The first-order valence-corrected chi connectivity index (χ1v) is 8.89. The lowest BCUT2D eigenvalue weighted by atomic mass is 10.1. The fourth-order valence-electron chi connectivity index (χ4n) is 3.52. The summed E-state index contributed by atoms with van der Waals surface area (Å²) >= 11 is 0. The zero-order chi connectivity index (χ0) is 17.1. The Balaban J connectivity index is 1.37. The van der Waals surface area contributed by atoms with Crippen LogP contribution in [-0.4, -0.2) is 38.4 Å². The second kappa shape index (κ2) is 7.11. The summed E-state index contributed by atoms with van der Waals surface area (Å²) in [5, 5.41) is 3.59. The molecule has 0 aliphatic carbocycles. The third-order valence-corrected chi connectivity index (χ3v) is 4.86. The number of likely N-dealkylation sites (tertiary alicyclic amines) is 1. The van der Waals surface area contributed by atoms with Gasteiger partial charge in [-0.15, -0.1) is 0 Å². The predicted octanol–water partition coefficient (Wildman–Crippen LogP) is 2.78. The van der Waals surface area contributed by atoms with Gasteiger partial charge in [-0.1, -0.05) is 6.07 Å². The van der Waals surface area contributed by atoms with E-state index in [0.717, 1.165) is 37.4 Å². The summed E-state index contributed by atoms with van der Waals surface area (Å²) in [5.74, 6) is 0.561. The molecule has 1 aliphatic rings. The van der Waals surface area contributed by atoms with Crippen molar-refractivity contribution in [2.75, 3.05) is 24.1 Å². The smallest absolute Gasteiger partial charge is 0.136 e. The van der Waals surface area contributed by atoms with Crippen molar-refractivity contribution >= 4 is 17.2 Å². The maximum atomic E-state index is 5.65. The molecular formula is C19H24N6. The molecule has 0 aromatic carbocycles. The quantitative estimate of drug-likeness (QED) is 0.766. The number of hydrogen-bond acceptors (Lipinski definition) is 5. The molecule has 6 heteroatoms. The minimum Gasteiger partial charge on any atom is -0.384 e. The van der Waals surface area contributed by atoms with Crippen molar-refractivity contribution in [3.05, 3.63) is 54.6 Å². The lowest BCUT2D eigenvalue weighted by Gasteiger charge is -2.20. The van der Waals surface area contributed by atoms with E-state index in [1.165, 1.54) is 18.5 Å². The third kappa shape index (κ3) is 3.74. The fraction of sp³-hybridized carbons (Fsp3) is 0.368. The molecule has 1 saturated heterocycles. The molecule has 4 heterocycles. The first-order chi connectivity index (χ1) is 12.3. The molecule has 3 N–H and O–H groups in total. The van der Waals surface area contributed by atoms with Crippen LogP contribution in [0.5, 0.6) is 0 Å². The Morgan fingerprint density at radius 3 is 2.92 bits per heavy atom. The zero-order valence-electron chi connectivity index (χ0n) is 14.3. The molecular weight excluding hydrogens is 312 g/mol. The first-order valence-electron chi connectivity index (χ1n) is 8.89. The number of fused-ring (bicyclic) bond motifs is 1. The van der Waals surface area contributed by atoms with E-state index < -0.39 is 0 Å². The lowest BCUT2D eigenvalue weighted by Crippen LogP contribution is -2.26. The highest BCUT2D eigenvalue weighted by molar-refractivity contribution is 5.46. The second-order valence-electron chi connectivity index (χ2n) is 6.70. The summed E-state index contributed by atoms with van der Waals surface area (Å²) in [6.07, 6.45) is 9.40. The standard InChI is InChI=1S/C19H24N6/c20-18-7-6-16(12-21-18)23-15-4-3-9-24(11-8-15)14-17-13-22-19-5-1-2-10-25(17)19/h1-2,5-7,10,12-13,15,23H,3-4,8-9,11,14H2,(H2,20,21). The number of nitrogens with one attached hydrogen (secondary N) is 1. The molecule has 0 spiro atoms. The van der Waals surface area contributed by atoms with Crippen molar-refractivity contribution in [2.45, 2.75) is 31.8 Å². The van der Waals surface area contributed by atoms with E-state index in [9.17, 15) is 0 Å². The number of rotatable bonds is 4. The average Bonchev–Trinajstić information content (AvgIpc) is 2.90. The van der Waals surface area contributed by atoms with E-state index in [2.05, 4.69) is 36.8 Å². The molecule has 0 bridgehead atoms. The van der Waals surface area contributed by atoms with Crippen LogP contribution in [0.25, 0.3) is 5.65 Å². The number of nitrogens with zero attached hydrogens (tertiary/aromatic N) is 4. The largest absolute Gasteiger partial charge is 0.384 e. The van der Waals surface area contributed by atoms with Crippen LogP contribution < -0.4 is 11.1 Å². The Labute approximate surface area is 147 Å². The van der Waals surface area contributed by atoms with Crippen molar-refractivity contribution in [1.82, 2.24) is 19.3 Å². The number of nitrogens with two attached hydrogens (primary N) is 1. The summed E-state index contributed by atoms with van der Waals surface area (Å²) in [7, 11) is 0. The van der Waals surface area contributed by atoms with Gasteiger partial charge in [0.2, 0.25) is 0 Å². The summed E-state index contributed by atoms with van der Waals surface area (Å²) < 4.78 is 2.18. The fourth-order valence-corrected chi connectivity index (χ4v) is 3.52. The molecule has 1 aliphatic heterocycles. The third-order valence-electron chi connectivity index (χ3n) is 4.86. The second-order valence-corrected chi connectivity index (χ2v) is 6.70. The van der Waals surface area contributed by atoms with Gasteiger partial charge in [0.1, 0.15) is 11.5 Å². The van der Waals surface area contributed by atoms with Crippen LogP contribution in [0, 0.1) is 0 Å². The van der Waals surface area contributed by atoms with E-state index in [0.29, 0.717) is 11.9 Å². The number of aromatic nitrogens is 3. The van der Waals surface area contributed by atoms with Gasteiger partial charge in [-0.25, -0.2) is 9.97 Å². The van der Waals surface area contributed by atoms with Crippen LogP contribution in [0.1, 0.15) is 25.0 Å². The first kappa shape index (κ1) is 15.9. The lowest BCUT2D eigenvalue weighted by molar-refractivity contribution is 0.272. The van der Waals surface area contributed by atoms with Gasteiger partial charge in [0.05, 0.1) is 23.8 Å². The summed E-state index contributed by atoms with van der Waals surface area (Å²) in [4.78, 5) is 11.2. The van der Waals surface area contributed by atoms with E-state index >= 15 is 0 Å². The molecule has 0 saturated carbocycles. The monoisotopic (exact) mass is 336 g/mol. The van der Waals surface area contributed by atoms with Crippen LogP contribution in [0.2, 0.25) is 0 Å². The van der Waals surface area contributed by atoms with E-state index in [1.54, 1.807) is 0 Å². The molecule has 130 valence electrons. The number of nitrogen functional groups attached to an aromatic ring is 1. The molecule has 25 heavy (non-hydrogen) atoms. The zero-order valence-corrected chi connectivity index (χ0v) is 14.3. The SMILES string of the molecule is Nc1ccc(NC2CCCN(Cc3cnc4ccccn34)CC2)cn1. The molecule has 0 amide bonds. The molecule has 1 unspecified atom stereocenters. The van der Waals surface area contributed by atoms with Gasteiger partial charge in [0.15, 0.2) is 0 Å². The van der Waals surface area contributed by atoms with Crippen molar-refractivity contribution in [3.8, 4) is 0 Å². The van der Waals surface area contributed by atoms with E-state index in [1.807, 2.05) is 36.7 Å². The Bertz CT molecular complexity index is 825. The van der Waals surface area contributed by atoms with Crippen molar-refractivity contribution in [2.24, 2.45) is 0 Å². The minimum atomic E-state index is 0.484. The maximum absolute atomic E-state index is 5.65. The molecule has 4 rings (SSSR count).